The van der Waals surface area contributed by atoms with Gasteiger partial charge in [-0.15, -0.1) is 0 Å². The molecule has 0 bridgehead atoms. The molecule has 2 rings (SSSR count). The third kappa shape index (κ3) is 5.08. The first-order valence-electron chi connectivity index (χ1n) is 8.58. The number of nitrogen functional groups attached to an aromatic ring is 1. The molecular formula is C20H29N. The minimum atomic E-state index is 0.919. The maximum absolute atomic E-state index is 6.16. The summed E-state index contributed by atoms with van der Waals surface area (Å²) in [6.45, 7) is 2.27. The van der Waals surface area contributed by atoms with Crippen LogP contribution in [0.15, 0.2) is 36.4 Å². The van der Waals surface area contributed by atoms with E-state index in [2.05, 4.69) is 43.3 Å². The van der Waals surface area contributed by atoms with Gasteiger partial charge in [0.15, 0.2) is 0 Å². The molecule has 1 heteroatoms. The molecule has 0 unspecified atom stereocenters. The molecule has 0 aromatic heterocycles. The molecule has 0 amide bonds. The van der Waals surface area contributed by atoms with Crippen LogP contribution in [0.3, 0.4) is 0 Å². The van der Waals surface area contributed by atoms with Crippen LogP contribution in [0.2, 0.25) is 0 Å². The third-order valence-electron chi connectivity index (χ3n) is 4.27. The molecule has 0 aliphatic rings. The maximum atomic E-state index is 6.16. The van der Waals surface area contributed by atoms with Crippen LogP contribution in [-0.2, 0) is 6.42 Å². The molecular weight excluding hydrogens is 254 g/mol. The molecule has 1 nitrogen and oxygen atoms in total. The van der Waals surface area contributed by atoms with Gasteiger partial charge in [-0.25, -0.2) is 0 Å². The van der Waals surface area contributed by atoms with Gasteiger partial charge in [-0.1, -0.05) is 82.2 Å². The van der Waals surface area contributed by atoms with E-state index >= 15 is 0 Å². The van der Waals surface area contributed by atoms with Crippen molar-refractivity contribution in [2.75, 3.05) is 5.73 Å². The summed E-state index contributed by atoms with van der Waals surface area (Å²) < 4.78 is 0. The SMILES string of the molecule is CCCCCCCCCCc1cc(N)c2ccccc2c1. The highest BCUT2D eigenvalue weighted by Gasteiger charge is 2.01. The zero-order chi connectivity index (χ0) is 14.9. The Morgan fingerprint density at radius 3 is 2.24 bits per heavy atom. The number of aryl methyl sites for hydroxylation is 1. The lowest BCUT2D eigenvalue weighted by Gasteiger charge is -2.07. The van der Waals surface area contributed by atoms with Crippen molar-refractivity contribution < 1.29 is 0 Å². The summed E-state index contributed by atoms with van der Waals surface area (Å²) in [5.41, 5.74) is 8.46. The Morgan fingerprint density at radius 2 is 1.48 bits per heavy atom. The molecule has 21 heavy (non-hydrogen) atoms. The number of hydrogen-bond donors (Lipinski definition) is 1. The lowest BCUT2D eigenvalue weighted by atomic mass is 10.00. The standard InChI is InChI=1S/C20H29N/c1-2-3-4-5-6-7-8-9-12-17-15-18-13-10-11-14-19(18)20(21)16-17/h10-11,13-16H,2-9,12,21H2,1H3. The fraction of sp³-hybridized carbons (Fsp3) is 0.500. The van der Waals surface area contributed by atoms with E-state index in [1.165, 1.54) is 67.7 Å². The van der Waals surface area contributed by atoms with Gasteiger partial charge in [0.2, 0.25) is 0 Å². The summed E-state index contributed by atoms with van der Waals surface area (Å²) in [4.78, 5) is 0. The van der Waals surface area contributed by atoms with Crippen molar-refractivity contribution in [2.24, 2.45) is 0 Å². The molecule has 114 valence electrons. The summed E-state index contributed by atoms with van der Waals surface area (Å²) in [7, 11) is 0. The number of rotatable bonds is 9. The molecule has 0 radical (unpaired) electrons. The molecule has 2 aromatic carbocycles. The average Bonchev–Trinajstić information content (AvgIpc) is 2.50. The Hall–Kier alpha value is -1.50. The lowest BCUT2D eigenvalue weighted by molar-refractivity contribution is 0.575. The third-order valence-corrected chi connectivity index (χ3v) is 4.27. The van der Waals surface area contributed by atoms with Crippen LogP contribution in [0, 0.1) is 0 Å². The molecule has 0 aliphatic carbocycles. The number of fused-ring (bicyclic) bond motifs is 1. The fourth-order valence-corrected chi connectivity index (χ4v) is 3.01. The van der Waals surface area contributed by atoms with Crippen molar-refractivity contribution in [3.05, 3.63) is 42.0 Å². The fourth-order valence-electron chi connectivity index (χ4n) is 3.01. The van der Waals surface area contributed by atoms with E-state index in [0.717, 1.165) is 12.1 Å². The predicted molar refractivity (Wildman–Crippen MR) is 94.7 cm³/mol. The largest absolute Gasteiger partial charge is 0.398 e. The van der Waals surface area contributed by atoms with Crippen LogP contribution in [0.5, 0.6) is 0 Å². The number of hydrogen-bond acceptors (Lipinski definition) is 1. The highest BCUT2D eigenvalue weighted by Crippen LogP contribution is 2.24. The van der Waals surface area contributed by atoms with E-state index in [4.69, 9.17) is 5.73 Å². The van der Waals surface area contributed by atoms with Crippen molar-refractivity contribution in [1.82, 2.24) is 0 Å². The van der Waals surface area contributed by atoms with E-state index in [9.17, 15) is 0 Å². The van der Waals surface area contributed by atoms with Gasteiger partial charge in [0.1, 0.15) is 0 Å². The van der Waals surface area contributed by atoms with Gasteiger partial charge in [0.25, 0.3) is 0 Å². The minimum absolute atomic E-state index is 0.919. The molecule has 0 atom stereocenters. The number of benzene rings is 2. The number of nitrogens with two attached hydrogens (primary N) is 1. The first kappa shape index (κ1) is 15.9. The van der Waals surface area contributed by atoms with Gasteiger partial charge >= 0.3 is 0 Å². The molecule has 0 saturated heterocycles. The van der Waals surface area contributed by atoms with E-state index in [1.807, 2.05) is 0 Å². The zero-order valence-corrected chi connectivity index (χ0v) is 13.4. The Kier molecular flexibility index (Phi) is 6.59. The Balaban J connectivity index is 1.74. The van der Waals surface area contributed by atoms with Gasteiger partial charge < -0.3 is 5.73 Å². The van der Waals surface area contributed by atoms with Crippen LogP contribution >= 0.6 is 0 Å². The van der Waals surface area contributed by atoms with Crippen molar-refractivity contribution in [3.8, 4) is 0 Å². The van der Waals surface area contributed by atoms with Crippen LogP contribution < -0.4 is 5.73 Å². The van der Waals surface area contributed by atoms with Crippen LogP contribution in [-0.4, -0.2) is 0 Å². The smallest absolute Gasteiger partial charge is 0.0396 e. The molecule has 0 spiro atoms. The Morgan fingerprint density at radius 1 is 0.810 bits per heavy atom. The minimum Gasteiger partial charge on any atom is -0.398 e. The van der Waals surface area contributed by atoms with Crippen molar-refractivity contribution >= 4 is 16.5 Å². The lowest BCUT2D eigenvalue weighted by Crippen LogP contribution is -1.92. The zero-order valence-electron chi connectivity index (χ0n) is 13.4. The van der Waals surface area contributed by atoms with Crippen LogP contribution in [0.25, 0.3) is 10.8 Å². The monoisotopic (exact) mass is 283 g/mol. The van der Waals surface area contributed by atoms with E-state index in [0.29, 0.717) is 0 Å². The van der Waals surface area contributed by atoms with Crippen molar-refractivity contribution in [3.63, 3.8) is 0 Å². The summed E-state index contributed by atoms with van der Waals surface area (Å²) in [6.07, 6.45) is 12.1. The van der Waals surface area contributed by atoms with E-state index < -0.39 is 0 Å². The van der Waals surface area contributed by atoms with Gasteiger partial charge in [-0.05, 0) is 29.9 Å². The van der Waals surface area contributed by atoms with Gasteiger partial charge in [-0.3, -0.25) is 0 Å². The first-order chi connectivity index (χ1) is 10.3. The van der Waals surface area contributed by atoms with E-state index in [-0.39, 0.29) is 0 Å². The average molecular weight is 283 g/mol. The van der Waals surface area contributed by atoms with Gasteiger partial charge in [-0.2, -0.15) is 0 Å². The number of anilines is 1. The summed E-state index contributed by atoms with van der Waals surface area (Å²) in [6, 6.07) is 12.9. The molecule has 2 N–H and O–H groups in total. The summed E-state index contributed by atoms with van der Waals surface area (Å²) >= 11 is 0. The summed E-state index contributed by atoms with van der Waals surface area (Å²) in [5, 5.41) is 2.45. The Bertz CT molecular complexity index is 545. The molecule has 0 heterocycles. The molecule has 2 aromatic rings. The highest BCUT2D eigenvalue weighted by molar-refractivity contribution is 5.93. The Labute approximate surface area is 129 Å². The predicted octanol–water partition coefficient (Wildman–Crippen LogP) is 6.11. The van der Waals surface area contributed by atoms with Crippen molar-refractivity contribution in [1.29, 1.82) is 0 Å². The second-order valence-electron chi connectivity index (χ2n) is 6.13. The maximum Gasteiger partial charge on any atom is 0.0396 e. The molecule has 0 saturated carbocycles. The van der Waals surface area contributed by atoms with Crippen LogP contribution in [0.1, 0.15) is 63.9 Å². The molecule has 0 fully saturated rings. The summed E-state index contributed by atoms with van der Waals surface area (Å²) in [5.74, 6) is 0. The van der Waals surface area contributed by atoms with Crippen LogP contribution in [0.4, 0.5) is 5.69 Å². The second-order valence-corrected chi connectivity index (χ2v) is 6.13. The quantitative estimate of drug-likeness (QED) is 0.436. The first-order valence-corrected chi connectivity index (χ1v) is 8.58. The van der Waals surface area contributed by atoms with Gasteiger partial charge in [0, 0.05) is 11.1 Å². The topological polar surface area (TPSA) is 26.0 Å². The number of unbranched alkanes of at least 4 members (excludes halogenated alkanes) is 7. The second kappa shape index (κ2) is 8.71. The molecule has 0 aliphatic heterocycles. The normalized spacial score (nSPS) is 11.1. The van der Waals surface area contributed by atoms with Gasteiger partial charge in [0.05, 0.1) is 0 Å². The highest BCUT2D eigenvalue weighted by atomic mass is 14.5. The van der Waals surface area contributed by atoms with Crippen molar-refractivity contribution in [2.45, 2.75) is 64.7 Å². The van der Waals surface area contributed by atoms with E-state index in [1.54, 1.807) is 0 Å².